The van der Waals surface area contributed by atoms with Gasteiger partial charge in [0.15, 0.2) is 0 Å². The summed E-state index contributed by atoms with van der Waals surface area (Å²) in [5.74, 6) is 2.58. The average molecular weight is 156 g/mol. The molecule has 0 amide bonds. The molecule has 1 saturated carbocycles. The van der Waals surface area contributed by atoms with Crippen molar-refractivity contribution in [1.82, 2.24) is 0 Å². The third-order valence-electron chi connectivity index (χ3n) is 2.38. The van der Waals surface area contributed by atoms with E-state index in [-0.39, 0.29) is 0 Å². The summed E-state index contributed by atoms with van der Waals surface area (Å²) in [6.07, 6.45) is 2.75. The van der Waals surface area contributed by atoms with Gasteiger partial charge in [0.1, 0.15) is 0 Å². The first-order valence-corrected chi connectivity index (χ1v) is 4.81. The molecule has 1 aliphatic carbocycles. The Bertz CT molecular complexity index is 109. The molecule has 0 aromatic heterocycles. The largest absolute Gasteiger partial charge is 0.381 e. The van der Waals surface area contributed by atoms with Crippen LogP contribution in [0.2, 0.25) is 0 Å². The summed E-state index contributed by atoms with van der Waals surface area (Å²) in [7, 11) is 0. The van der Waals surface area contributed by atoms with Crippen LogP contribution >= 0.6 is 0 Å². The molecule has 66 valence electrons. The minimum Gasteiger partial charge on any atom is -0.381 e. The lowest BCUT2D eigenvalue weighted by atomic mass is 10.2. The van der Waals surface area contributed by atoms with Crippen molar-refractivity contribution in [1.29, 1.82) is 0 Å². The summed E-state index contributed by atoms with van der Waals surface area (Å²) >= 11 is 0. The molecule has 1 heteroatoms. The van der Waals surface area contributed by atoms with Crippen LogP contribution in [-0.2, 0) is 4.74 Å². The Morgan fingerprint density at radius 2 is 2.09 bits per heavy atom. The maximum Gasteiger partial charge on any atom is 0.0497 e. The standard InChI is InChI=1S/C10H20O/c1-4-9-5-10(9)7-11-6-8(2)3/h8-10H,4-7H2,1-3H3/t9-,10+/m1/s1. The molecule has 0 spiro atoms. The second-order valence-electron chi connectivity index (χ2n) is 4.10. The Balaban J connectivity index is 1.90. The van der Waals surface area contributed by atoms with E-state index in [1.54, 1.807) is 0 Å². The molecule has 0 aliphatic heterocycles. The van der Waals surface area contributed by atoms with Gasteiger partial charge in [-0.2, -0.15) is 0 Å². The topological polar surface area (TPSA) is 9.23 Å². The van der Waals surface area contributed by atoms with Crippen LogP contribution in [-0.4, -0.2) is 13.2 Å². The lowest BCUT2D eigenvalue weighted by Gasteiger charge is -2.05. The van der Waals surface area contributed by atoms with Crippen LogP contribution in [0.15, 0.2) is 0 Å². The normalized spacial score (nSPS) is 29.5. The van der Waals surface area contributed by atoms with E-state index < -0.39 is 0 Å². The van der Waals surface area contributed by atoms with Gasteiger partial charge < -0.3 is 4.74 Å². The van der Waals surface area contributed by atoms with Crippen molar-refractivity contribution in [2.24, 2.45) is 17.8 Å². The highest BCUT2D eigenvalue weighted by Crippen LogP contribution is 2.40. The van der Waals surface area contributed by atoms with E-state index in [1.807, 2.05) is 0 Å². The van der Waals surface area contributed by atoms with Crippen molar-refractivity contribution in [2.75, 3.05) is 13.2 Å². The molecule has 1 rings (SSSR count). The van der Waals surface area contributed by atoms with E-state index >= 15 is 0 Å². The molecule has 0 aromatic rings. The molecule has 0 bridgehead atoms. The maximum absolute atomic E-state index is 5.55. The smallest absolute Gasteiger partial charge is 0.0497 e. The van der Waals surface area contributed by atoms with E-state index in [0.717, 1.165) is 25.0 Å². The van der Waals surface area contributed by atoms with Crippen LogP contribution in [0, 0.1) is 17.8 Å². The predicted molar refractivity (Wildman–Crippen MR) is 47.5 cm³/mol. The van der Waals surface area contributed by atoms with Gasteiger partial charge in [-0.15, -0.1) is 0 Å². The van der Waals surface area contributed by atoms with Crippen LogP contribution in [0.25, 0.3) is 0 Å². The quantitative estimate of drug-likeness (QED) is 0.594. The number of ether oxygens (including phenoxy) is 1. The highest BCUT2D eigenvalue weighted by atomic mass is 16.5. The molecule has 2 atom stereocenters. The highest BCUT2D eigenvalue weighted by molar-refractivity contribution is 4.84. The van der Waals surface area contributed by atoms with Gasteiger partial charge >= 0.3 is 0 Å². The summed E-state index contributed by atoms with van der Waals surface area (Å²) < 4.78 is 5.55. The first-order chi connectivity index (χ1) is 5.24. The van der Waals surface area contributed by atoms with Gasteiger partial charge in [-0.25, -0.2) is 0 Å². The Labute approximate surface area is 70.1 Å². The number of rotatable bonds is 5. The zero-order valence-electron chi connectivity index (χ0n) is 7.97. The fourth-order valence-electron chi connectivity index (χ4n) is 1.47. The molecule has 1 fully saturated rings. The average Bonchev–Trinajstić information content (AvgIpc) is 2.66. The molecule has 0 unspecified atom stereocenters. The van der Waals surface area contributed by atoms with Gasteiger partial charge in [0.05, 0.1) is 0 Å². The van der Waals surface area contributed by atoms with Crippen LogP contribution in [0.1, 0.15) is 33.6 Å². The van der Waals surface area contributed by atoms with Crippen LogP contribution in [0.4, 0.5) is 0 Å². The Hall–Kier alpha value is -0.0400. The molecule has 1 nitrogen and oxygen atoms in total. The summed E-state index contributed by atoms with van der Waals surface area (Å²) in [6, 6.07) is 0. The Morgan fingerprint density at radius 1 is 1.36 bits per heavy atom. The van der Waals surface area contributed by atoms with Crippen molar-refractivity contribution in [2.45, 2.75) is 33.6 Å². The van der Waals surface area contributed by atoms with E-state index in [9.17, 15) is 0 Å². The van der Waals surface area contributed by atoms with Crippen molar-refractivity contribution < 1.29 is 4.74 Å². The minimum atomic E-state index is 0.689. The molecular formula is C10H20O. The fourth-order valence-corrected chi connectivity index (χ4v) is 1.47. The van der Waals surface area contributed by atoms with Crippen molar-refractivity contribution in [3.05, 3.63) is 0 Å². The lowest BCUT2D eigenvalue weighted by Crippen LogP contribution is -2.04. The second-order valence-corrected chi connectivity index (χ2v) is 4.10. The molecule has 1 aliphatic rings. The van der Waals surface area contributed by atoms with Gasteiger partial charge in [-0.1, -0.05) is 27.2 Å². The van der Waals surface area contributed by atoms with Gasteiger partial charge in [0.25, 0.3) is 0 Å². The van der Waals surface area contributed by atoms with Crippen LogP contribution < -0.4 is 0 Å². The summed E-state index contributed by atoms with van der Waals surface area (Å²) in [4.78, 5) is 0. The summed E-state index contributed by atoms with van der Waals surface area (Å²) in [6.45, 7) is 8.62. The van der Waals surface area contributed by atoms with E-state index in [0.29, 0.717) is 5.92 Å². The van der Waals surface area contributed by atoms with Crippen molar-refractivity contribution >= 4 is 0 Å². The minimum absolute atomic E-state index is 0.689. The monoisotopic (exact) mass is 156 g/mol. The number of hydrogen-bond acceptors (Lipinski definition) is 1. The van der Waals surface area contributed by atoms with E-state index in [1.165, 1.54) is 12.8 Å². The zero-order valence-corrected chi connectivity index (χ0v) is 7.97. The summed E-state index contributed by atoms with van der Waals surface area (Å²) in [5.41, 5.74) is 0. The highest BCUT2D eigenvalue weighted by Gasteiger charge is 2.34. The molecular weight excluding hydrogens is 136 g/mol. The first kappa shape index (κ1) is 9.05. The predicted octanol–water partition coefficient (Wildman–Crippen LogP) is 2.71. The summed E-state index contributed by atoms with van der Waals surface area (Å²) in [5, 5.41) is 0. The third kappa shape index (κ3) is 3.24. The molecule has 0 heterocycles. The first-order valence-electron chi connectivity index (χ1n) is 4.81. The Morgan fingerprint density at radius 3 is 2.55 bits per heavy atom. The fraction of sp³-hybridized carbons (Fsp3) is 1.00. The van der Waals surface area contributed by atoms with Gasteiger partial charge in [0, 0.05) is 13.2 Å². The molecule has 0 aromatic carbocycles. The maximum atomic E-state index is 5.55. The van der Waals surface area contributed by atoms with Gasteiger partial charge in [-0.05, 0) is 24.2 Å². The van der Waals surface area contributed by atoms with E-state index in [2.05, 4.69) is 20.8 Å². The molecule has 11 heavy (non-hydrogen) atoms. The molecule has 0 radical (unpaired) electrons. The van der Waals surface area contributed by atoms with Crippen molar-refractivity contribution in [3.8, 4) is 0 Å². The second kappa shape index (κ2) is 4.10. The van der Waals surface area contributed by atoms with Gasteiger partial charge in [0.2, 0.25) is 0 Å². The lowest BCUT2D eigenvalue weighted by molar-refractivity contribution is 0.0980. The number of hydrogen-bond donors (Lipinski definition) is 0. The van der Waals surface area contributed by atoms with Crippen LogP contribution in [0.3, 0.4) is 0 Å². The van der Waals surface area contributed by atoms with Crippen molar-refractivity contribution in [3.63, 3.8) is 0 Å². The third-order valence-corrected chi connectivity index (χ3v) is 2.38. The zero-order chi connectivity index (χ0) is 8.27. The molecule has 0 saturated heterocycles. The van der Waals surface area contributed by atoms with Gasteiger partial charge in [-0.3, -0.25) is 0 Å². The SMILES string of the molecule is CC[C@@H]1C[C@H]1COCC(C)C. The van der Waals surface area contributed by atoms with E-state index in [4.69, 9.17) is 4.74 Å². The Kier molecular flexibility index (Phi) is 3.38. The molecule has 0 N–H and O–H groups in total. The van der Waals surface area contributed by atoms with Crippen LogP contribution in [0.5, 0.6) is 0 Å².